The third-order valence-corrected chi connectivity index (χ3v) is 2.27. The number of ether oxygens (including phenoxy) is 1. The summed E-state index contributed by atoms with van der Waals surface area (Å²) in [5.41, 5.74) is 13.8. The molecule has 0 spiro atoms. The van der Waals surface area contributed by atoms with Crippen LogP contribution in [-0.2, 0) is 6.61 Å². The third-order valence-electron chi connectivity index (χ3n) is 2.27. The Hall–Kier alpha value is -2.16. The number of benzene rings is 2. The first-order valence-corrected chi connectivity index (χ1v) is 5.07. The van der Waals surface area contributed by atoms with Gasteiger partial charge < -0.3 is 16.2 Å². The lowest BCUT2D eigenvalue weighted by Crippen LogP contribution is -1.96. The molecule has 82 valence electrons. The van der Waals surface area contributed by atoms with Gasteiger partial charge in [0.15, 0.2) is 0 Å². The molecule has 4 N–H and O–H groups in total. The van der Waals surface area contributed by atoms with E-state index >= 15 is 0 Å². The summed E-state index contributed by atoms with van der Waals surface area (Å²) in [6.45, 7) is 0.532. The van der Waals surface area contributed by atoms with Crippen LogP contribution in [0.3, 0.4) is 0 Å². The molecule has 0 radical (unpaired) electrons. The second-order valence-electron chi connectivity index (χ2n) is 3.60. The third kappa shape index (κ3) is 2.67. The molecule has 2 aromatic carbocycles. The number of nitrogen functional groups attached to an aromatic ring is 2. The molecule has 0 amide bonds. The Bertz CT molecular complexity index is 403. The van der Waals surface area contributed by atoms with Gasteiger partial charge in [-0.15, -0.1) is 0 Å². The Balaban J connectivity index is 1.97. The second-order valence-corrected chi connectivity index (χ2v) is 3.60. The molecule has 0 saturated heterocycles. The molecule has 0 aromatic heterocycles. The topological polar surface area (TPSA) is 61.3 Å². The monoisotopic (exact) mass is 214 g/mol. The van der Waals surface area contributed by atoms with Crippen molar-refractivity contribution < 1.29 is 4.74 Å². The van der Waals surface area contributed by atoms with Crippen LogP contribution in [0.15, 0.2) is 48.5 Å². The number of anilines is 2. The van der Waals surface area contributed by atoms with E-state index in [0.29, 0.717) is 6.61 Å². The summed E-state index contributed by atoms with van der Waals surface area (Å²) in [5, 5.41) is 0. The van der Waals surface area contributed by atoms with Crippen molar-refractivity contribution in [3.8, 4) is 5.75 Å². The number of nitrogens with two attached hydrogens (primary N) is 2. The zero-order valence-electron chi connectivity index (χ0n) is 8.89. The Kier molecular flexibility index (Phi) is 2.96. The lowest BCUT2D eigenvalue weighted by Gasteiger charge is -2.06. The lowest BCUT2D eigenvalue weighted by atomic mass is 10.2. The molecule has 3 heteroatoms. The highest BCUT2D eigenvalue weighted by Gasteiger charge is 1.95. The van der Waals surface area contributed by atoms with Crippen LogP contribution in [0.1, 0.15) is 5.56 Å². The summed E-state index contributed by atoms with van der Waals surface area (Å²) in [6.07, 6.45) is 0. The first kappa shape index (κ1) is 10.4. The van der Waals surface area contributed by atoms with Crippen molar-refractivity contribution in [3.05, 3.63) is 54.1 Å². The molecule has 0 saturated carbocycles. The van der Waals surface area contributed by atoms with Gasteiger partial charge in [0.1, 0.15) is 12.4 Å². The fourth-order valence-corrected chi connectivity index (χ4v) is 1.34. The first-order valence-electron chi connectivity index (χ1n) is 5.07. The van der Waals surface area contributed by atoms with Crippen LogP contribution in [0.2, 0.25) is 0 Å². The Morgan fingerprint density at radius 3 is 1.81 bits per heavy atom. The summed E-state index contributed by atoms with van der Waals surface area (Å²) in [4.78, 5) is 0. The van der Waals surface area contributed by atoms with Gasteiger partial charge >= 0.3 is 0 Å². The SMILES string of the molecule is Nc1ccc(COc2ccc(N)cc2)cc1. The minimum atomic E-state index is 0.532. The van der Waals surface area contributed by atoms with Crippen LogP contribution in [0.25, 0.3) is 0 Å². The van der Waals surface area contributed by atoms with E-state index in [-0.39, 0.29) is 0 Å². The van der Waals surface area contributed by atoms with Gasteiger partial charge in [-0.2, -0.15) is 0 Å². The van der Waals surface area contributed by atoms with Gasteiger partial charge in [-0.3, -0.25) is 0 Å². The Morgan fingerprint density at radius 1 is 0.750 bits per heavy atom. The molecule has 2 rings (SSSR count). The summed E-state index contributed by atoms with van der Waals surface area (Å²) < 4.78 is 5.59. The van der Waals surface area contributed by atoms with E-state index in [1.54, 1.807) is 0 Å². The fourth-order valence-electron chi connectivity index (χ4n) is 1.34. The van der Waals surface area contributed by atoms with E-state index in [1.807, 2.05) is 48.5 Å². The molecule has 0 unspecified atom stereocenters. The Morgan fingerprint density at radius 2 is 1.25 bits per heavy atom. The minimum Gasteiger partial charge on any atom is -0.489 e. The average Bonchev–Trinajstić information content (AvgIpc) is 2.30. The normalized spacial score (nSPS) is 10.0. The molecule has 16 heavy (non-hydrogen) atoms. The summed E-state index contributed by atoms with van der Waals surface area (Å²) in [5.74, 6) is 0.811. The summed E-state index contributed by atoms with van der Waals surface area (Å²) in [6, 6.07) is 15.0. The van der Waals surface area contributed by atoms with Crippen molar-refractivity contribution in [1.29, 1.82) is 0 Å². The van der Waals surface area contributed by atoms with Crippen molar-refractivity contribution in [3.63, 3.8) is 0 Å². The standard InChI is InChI=1S/C13H14N2O/c14-11-3-1-10(2-4-11)9-16-13-7-5-12(15)6-8-13/h1-8H,9,14-15H2. The summed E-state index contributed by atoms with van der Waals surface area (Å²) in [7, 11) is 0. The van der Waals surface area contributed by atoms with Crippen molar-refractivity contribution in [2.24, 2.45) is 0 Å². The highest BCUT2D eigenvalue weighted by Crippen LogP contribution is 2.15. The number of hydrogen-bond acceptors (Lipinski definition) is 3. The quantitative estimate of drug-likeness (QED) is 0.771. The number of rotatable bonds is 3. The highest BCUT2D eigenvalue weighted by molar-refractivity contribution is 5.42. The van der Waals surface area contributed by atoms with Gasteiger partial charge in [0, 0.05) is 11.4 Å². The van der Waals surface area contributed by atoms with E-state index in [2.05, 4.69) is 0 Å². The summed E-state index contributed by atoms with van der Waals surface area (Å²) >= 11 is 0. The van der Waals surface area contributed by atoms with Gasteiger partial charge in [-0.05, 0) is 42.0 Å². The van der Waals surface area contributed by atoms with Crippen LogP contribution < -0.4 is 16.2 Å². The van der Waals surface area contributed by atoms with Crippen molar-refractivity contribution in [2.75, 3.05) is 11.5 Å². The molecule has 0 aliphatic rings. The van der Waals surface area contributed by atoms with Gasteiger partial charge in [-0.1, -0.05) is 12.1 Å². The van der Waals surface area contributed by atoms with Crippen LogP contribution in [0.4, 0.5) is 11.4 Å². The molecule has 0 fully saturated rings. The van der Waals surface area contributed by atoms with Crippen molar-refractivity contribution in [1.82, 2.24) is 0 Å². The zero-order chi connectivity index (χ0) is 11.4. The molecular weight excluding hydrogens is 200 g/mol. The predicted molar refractivity (Wildman–Crippen MR) is 66.0 cm³/mol. The minimum absolute atomic E-state index is 0.532. The molecule has 2 aromatic rings. The van der Waals surface area contributed by atoms with Gasteiger partial charge in [0.05, 0.1) is 0 Å². The highest BCUT2D eigenvalue weighted by atomic mass is 16.5. The fraction of sp³-hybridized carbons (Fsp3) is 0.0769. The largest absolute Gasteiger partial charge is 0.489 e. The van der Waals surface area contributed by atoms with Gasteiger partial charge in [0.25, 0.3) is 0 Å². The van der Waals surface area contributed by atoms with Crippen LogP contribution in [-0.4, -0.2) is 0 Å². The van der Waals surface area contributed by atoms with Gasteiger partial charge in [0.2, 0.25) is 0 Å². The van der Waals surface area contributed by atoms with E-state index in [9.17, 15) is 0 Å². The molecule has 3 nitrogen and oxygen atoms in total. The second kappa shape index (κ2) is 4.57. The maximum atomic E-state index is 5.60. The molecule has 0 heterocycles. The maximum absolute atomic E-state index is 5.60. The smallest absolute Gasteiger partial charge is 0.119 e. The Labute approximate surface area is 94.6 Å². The molecule has 0 aliphatic heterocycles. The zero-order valence-corrected chi connectivity index (χ0v) is 8.89. The van der Waals surface area contributed by atoms with E-state index in [4.69, 9.17) is 16.2 Å². The maximum Gasteiger partial charge on any atom is 0.119 e. The first-order chi connectivity index (χ1) is 7.74. The molecular formula is C13H14N2O. The van der Waals surface area contributed by atoms with Crippen LogP contribution >= 0.6 is 0 Å². The molecule has 0 aliphatic carbocycles. The van der Waals surface area contributed by atoms with Crippen LogP contribution in [0.5, 0.6) is 5.75 Å². The van der Waals surface area contributed by atoms with Crippen molar-refractivity contribution >= 4 is 11.4 Å². The molecule has 0 bridgehead atoms. The van der Waals surface area contributed by atoms with Gasteiger partial charge in [-0.25, -0.2) is 0 Å². The lowest BCUT2D eigenvalue weighted by molar-refractivity contribution is 0.306. The van der Waals surface area contributed by atoms with Crippen LogP contribution in [0, 0.1) is 0 Å². The van der Waals surface area contributed by atoms with Crippen molar-refractivity contribution in [2.45, 2.75) is 6.61 Å². The number of hydrogen-bond donors (Lipinski definition) is 2. The molecule has 0 atom stereocenters. The van der Waals surface area contributed by atoms with E-state index < -0.39 is 0 Å². The van der Waals surface area contributed by atoms with E-state index in [0.717, 1.165) is 22.7 Å². The van der Waals surface area contributed by atoms with E-state index in [1.165, 1.54) is 0 Å². The predicted octanol–water partition coefficient (Wildman–Crippen LogP) is 2.43. The average molecular weight is 214 g/mol.